The van der Waals surface area contributed by atoms with E-state index in [0.29, 0.717) is 18.7 Å². The summed E-state index contributed by atoms with van der Waals surface area (Å²) in [4.78, 5) is 9.97. The Labute approximate surface area is 80.8 Å². The summed E-state index contributed by atoms with van der Waals surface area (Å²) in [5, 5.41) is 11.8. The molecule has 1 atom stereocenters. The molecule has 1 aliphatic rings. The lowest BCUT2D eigenvalue weighted by Crippen LogP contribution is -2.29. The molecule has 0 amide bonds. The van der Waals surface area contributed by atoms with E-state index in [4.69, 9.17) is 5.11 Å². The Morgan fingerprint density at radius 3 is 2.00 bits per heavy atom. The van der Waals surface area contributed by atoms with Gasteiger partial charge in [0.2, 0.25) is 0 Å². The summed E-state index contributed by atoms with van der Waals surface area (Å²) in [5.41, 5.74) is 0.494. The molecule has 0 aliphatic carbocycles. The fourth-order valence-electron chi connectivity index (χ4n) is 0.877. The molecular formula is C6H19NO7. The van der Waals surface area contributed by atoms with E-state index < -0.39 is 0 Å². The molecule has 12 N–H and O–H groups in total. The summed E-state index contributed by atoms with van der Waals surface area (Å²) in [6, 6.07) is 0. The third-order valence-corrected chi connectivity index (χ3v) is 1.38. The van der Waals surface area contributed by atoms with Crippen LogP contribution in [0.1, 0.15) is 12.8 Å². The molecule has 0 spiro atoms. The maximum Gasteiger partial charge on any atom is 0.145 e. The van der Waals surface area contributed by atoms with Gasteiger partial charge in [0.1, 0.15) is 5.94 Å². The normalized spacial score (nSPS) is 17.2. The van der Waals surface area contributed by atoms with Crippen molar-refractivity contribution < 1.29 is 37.3 Å². The SMILES string of the molecule is O.O.O.O.O.O=C=C1CC(O)CCN1. The molecule has 1 saturated heterocycles. The van der Waals surface area contributed by atoms with Crippen molar-refractivity contribution in [2.75, 3.05) is 6.54 Å². The predicted octanol–water partition coefficient (Wildman–Crippen LogP) is -4.68. The lowest BCUT2D eigenvalue weighted by molar-refractivity contribution is 0.151. The van der Waals surface area contributed by atoms with E-state index in [1.54, 1.807) is 5.94 Å². The van der Waals surface area contributed by atoms with Gasteiger partial charge in [-0.1, -0.05) is 0 Å². The number of piperidine rings is 1. The molecule has 1 unspecified atom stereocenters. The molecule has 0 aromatic rings. The van der Waals surface area contributed by atoms with Gasteiger partial charge in [0.15, 0.2) is 0 Å². The van der Waals surface area contributed by atoms with Crippen molar-refractivity contribution in [2.45, 2.75) is 18.9 Å². The van der Waals surface area contributed by atoms with Gasteiger partial charge in [0.25, 0.3) is 0 Å². The van der Waals surface area contributed by atoms with Crippen molar-refractivity contribution in [3.63, 3.8) is 0 Å². The number of aliphatic hydroxyl groups excluding tert-OH is 1. The molecule has 0 saturated carbocycles. The lowest BCUT2D eigenvalue weighted by atomic mass is 10.1. The minimum Gasteiger partial charge on any atom is -0.412 e. The van der Waals surface area contributed by atoms with Crippen molar-refractivity contribution in [1.82, 2.24) is 5.32 Å². The topological polar surface area (TPSA) is 207 Å². The van der Waals surface area contributed by atoms with Crippen LogP contribution >= 0.6 is 0 Å². The molecule has 0 radical (unpaired) electrons. The largest absolute Gasteiger partial charge is 0.412 e. The number of hydrogen-bond donors (Lipinski definition) is 2. The van der Waals surface area contributed by atoms with Crippen LogP contribution in [0, 0.1) is 0 Å². The van der Waals surface area contributed by atoms with Gasteiger partial charge in [-0.25, -0.2) is 4.79 Å². The van der Waals surface area contributed by atoms with Gasteiger partial charge in [-0.3, -0.25) is 0 Å². The quantitative estimate of drug-likeness (QED) is 0.383. The van der Waals surface area contributed by atoms with E-state index in [9.17, 15) is 4.79 Å². The van der Waals surface area contributed by atoms with E-state index >= 15 is 0 Å². The first-order valence-corrected chi connectivity index (χ1v) is 2.99. The summed E-state index contributed by atoms with van der Waals surface area (Å²) in [5.74, 6) is 1.73. The summed E-state index contributed by atoms with van der Waals surface area (Å²) >= 11 is 0. The second-order valence-electron chi connectivity index (χ2n) is 2.15. The molecule has 14 heavy (non-hydrogen) atoms. The molecule has 0 aromatic carbocycles. The zero-order valence-corrected chi connectivity index (χ0v) is 7.55. The predicted molar refractivity (Wildman–Crippen MR) is 50.5 cm³/mol. The lowest BCUT2D eigenvalue weighted by Gasteiger charge is -2.18. The number of rotatable bonds is 0. The van der Waals surface area contributed by atoms with Crippen LogP contribution in [0.3, 0.4) is 0 Å². The zero-order chi connectivity index (χ0) is 6.69. The van der Waals surface area contributed by atoms with Crippen LogP contribution in [-0.2, 0) is 4.79 Å². The highest BCUT2D eigenvalue weighted by Gasteiger charge is 2.13. The van der Waals surface area contributed by atoms with E-state index in [2.05, 4.69) is 5.32 Å². The Bertz CT molecular complexity index is 156. The van der Waals surface area contributed by atoms with Crippen LogP contribution in [0.25, 0.3) is 0 Å². The van der Waals surface area contributed by atoms with Crippen LogP contribution in [-0.4, -0.2) is 51.1 Å². The zero-order valence-electron chi connectivity index (χ0n) is 7.55. The Hall–Kier alpha value is -0.990. The number of aliphatic hydroxyl groups is 1. The standard InChI is InChI=1S/C6H9NO2.5H2O/c8-4-5-3-6(9)1-2-7-5;;;;;/h6-7,9H,1-3H2;5*1H2. The fraction of sp³-hybridized carbons (Fsp3) is 0.667. The second kappa shape index (κ2) is 14.5. The molecule has 1 fully saturated rings. The third kappa shape index (κ3) is 9.10. The van der Waals surface area contributed by atoms with Crippen LogP contribution in [0.2, 0.25) is 0 Å². The molecule has 0 bridgehead atoms. The second-order valence-corrected chi connectivity index (χ2v) is 2.15. The Morgan fingerprint density at radius 2 is 1.71 bits per heavy atom. The summed E-state index contributed by atoms with van der Waals surface area (Å²) in [6.07, 6.45) is 0.817. The highest BCUT2D eigenvalue weighted by molar-refractivity contribution is 5.51. The Balaban J connectivity index is -0.0000000540. The minimum atomic E-state index is -0.345. The van der Waals surface area contributed by atoms with Gasteiger partial charge in [-0.05, 0) is 6.42 Å². The smallest absolute Gasteiger partial charge is 0.145 e. The van der Waals surface area contributed by atoms with Gasteiger partial charge in [-0.15, -0.1) is 0 Å². The van der Waals surface area contributed by atoms with Gasteiger partial charge < -0.3 is 37.8 Å². The summed E-state index contributed by atoms with van der Waals surface area (Å²) in [6.45, 7) is 0.686. The number of nitrogens with one attached hydrogen (secondary N) is 1. The van der Waals surface area contributed by atoms with Gasteiger partial charge in [0.05, 0.1) is 11.8 Å². The highest BCUT2D eigenvalue weighted by Crippen LogP contribution is 2.07. The maximum atomic E-state index is 9.97. The average Bonchev–Trinajstić information content (AvgIpc) is 1.88. The van der Waals surface area contributed by atoms with Gasteiger partial charge >= 0.3 is 0 Å². The van der Waals surface area contributed by atoms with Crippen LogP contribution in [0.15, 0.2) is 5.70 Å². The van der Waals surface area contributed by atoms with Crippen LogP contribution < -0.4 is 5.32 Å². The number of carbonyl (C=O) groups excluding carboxylic acids is 1. The monoisotopic (exact) mass is 217 g/mol. The molecule has 1 heterocycles. The van der Waals surface area contributed by atoms with Crippen LogP contribution in [0.5, 0.6) is 0 Å². The minimum absolute atomic E-state index is 0. The van der Waals surface area contributed by atoms with Crippen molar-refractivity contribution in [3.05, 3.63) is 5.70 Å². The molecule has 1 aliphatic heterocycles. The maximum absolute atomic E-state index is 9.97. The fourth-order valence-corrected chi connectivity index (χ4v) is 0.877. The Kier molecular flexibility index (Phi) is 30.4. The average molecular weight is 217 g/mol. The summed E-state index contributed by atoms with van der Waals surface area (Å²) < 4.78 is 0. The molecule has 0 aromatic heterocycles. The number of hydrogen-bond acceptors (Lipinski definition) is 3. The van der Waals surface area contributed by atoms with Gasteiger partial charge in [0, 0.05) is 13.0 Å². The Morgan fingerprint density at radius 1 is 1.21 bits per heavy atom. The first kappa shape index (κ1) is 29.2. The first-order chi connectivity index (χ1) is 4.33. The van der Waals surface area contributed by atoms with Gasteiger partial charge in [-0.2, -0.15) is 0 Å². The van der Waals surface area contributed by atoms with Crippen LogP contribution in [0.4, 0.5) is 0 Å². The van der Waals surface area contributed by atoms with Crippen molar-refractivity contribution in [1.29, 1.82) is 0 Å². The molecule has 1 rings (SSSR count). The third-order valence-electron chi connectivity index (χ3n) is 1.38. The van der Waals surface area contributed by atoms with E-state index in [-0.39, 0.29) is 33.5 Å². The first-order valence-electron chi connectivity index (χ1n) is 2.99. The van der Waals surface area contributed by atoms with E-state index in [0.717, 1.165) is 6.42 Å². The van der Waals surface area contributed by atoms with E-state index in [1.807, 2.05) is 0 Å². The molecule has 8 heteroatoms. The van der Waals surface area contributed by atoms with Crippen molar-refractivity contribution >= 4 is 5.94 Å². The highest BCUT2D eigenvalue weighted by atomic mass is 16.3. The van der Waals surface area contributed by atoms with Crippen molar-refractivity contribution in [3.8, 4) is 0 Å². The van der Waals surface area contributed by atoms with E-state index in [1.165, 1.54) is 0 Å². The molecule has 90 valence electrons. The molecule has 8 nitrogen and oxygen atoms in total. The van der Waals surface area contributed by atoms with Crippen molar-refractivity contribution in [2.24, 2.45) is 0 Å². The summed E-state index contributed by atoms with van der Waals surface area (Å²) in [7, 11) is 0. The molecular weight excluding hydrogens is 198 g/mol.